The second-order valence-electron chi connectivity index (χ2n) is 4.72. The highest BCUT2D eigenvalue weighted by Gasteiger charge is 2.24. The lowest BCUT2D eigenvalue weighted by Crippen LogP contribution is -2.49. The minimum absolute atomic E-state index is 0.0291. The van der Waals surface area contributed by atoms with Crippen molar-refractivity contribution in [2.24, 2.45) is 0 Å². The molecule has 0 spiro atoms. The first-order valence-electron chi connectivity index (χ1n) is 6.24. The van der Waals surface area contributed by atoms with Crippen LogP contribution in [0.1, 0.15) is 24.5 Å². The summed E-state index contributed by atoms with van der Waals surface area (Å²) >= 11 is 0. The fourth-order valence-corrected chi connectivity index (χ4v) is 2.21. The number of benzene rings is 1. The predicted molar refractivity (Wildman–Crippen MR) is 71.8 cm³/mol. The average Bonchev–Trinajstić information content (AvgIpc) is 2.38. The van der Waals surface area contributed by atoms with Crippen LogP contribution in [0.3, 0.4) is 0 Å². The van der Waals surface area contributed by atoms with Crippen LogP contribution in [-0.2, 0) is 17.8 Å². The Balaban J connectivity index is 1.97. The average molecular weight is 242 g/mol. The van der Waals surface area contributed by atoms with Gasteiger partial charge < -0.3 is 10.6 Å². The normalized spacial score (nSPS) is 19.4. The number of hydrogen-bond acceptors (Lipinski definition) is 2. The molecular weight excluding hydrogens is 224 g/mol. The van der Waals surface area contributed by atoms with Gasteiger partial charge in [-0.2, -0.15) is 0 Å². The van der Waals surface area contributed by atoms with E-state index in [4.69, 9.17) is 6.42 Å². The second kappa shape index (κ2) is 5.70. The van der Waals surface area contributed by atoms with Gasteiger partial charge in [0.25, 0.3) is 0 Å². The lowest BCUT2D eigenvalue weighted by atomic mass is 9.95. The standard InChI is InChI=1S/C15H18N2O/c1-3-6-11(2)17-15(18)14-9-12-7-4-5-8-13(12)10-16-14/h1,4-5,7-8,11,14,16H,6,9-10H2,2H3,(H,17,18)/t11?,14-/m1/s1. The van der Waals surface area contributed by atoms with Crippen molar-refractivity contribution in [3.63, 3.8) is 0 Å². The molecule has 1 aliphatic heterocycles. The maximum absolute atomic E-state index is 12.1. The maximum Gasteiger partial charge on any atom is 0.237 e. The van der Waals surface area contributed by atoms with E-state index in [0.29, 0.717) is 6.42 Å². The van der Waals surface area contributed by atoms with Gasteiger partial charge in [0, 0.05) is 19.0 Å². The van der Waals surface area contributed by atoms with Crippen molar-refractivity contribution in [2.45, 2.75) is 38.4 Å². The first-order chi connectivity index (χ1) is 8.70. The molecular formula is C15H18N2O. The van der Waals surface area contributed by atoms with Gasteiger partial charge in [-0.15, -0.1) is 12.3 Å². The second-order valence-corrected chi connectivity index (χ2v) is 4.72. The molecule has 2 atom stereocenters. The van der Waals surface area contributed by atoms with Crippen LogP contribution in [-0.4, -0.2) is 18.0 Å². The smallest absolute Gasteiger partial charge is 0.237 e. The minimum atomic E-state index is -0.153. The monoisotopic (exact) mass is 242 g/mol. The van der Waals surface area contributed by atoms with Gasteiger partial charge in [0.05, 0.1) is 6.04 Å². The van der Waals surface area contributed by atoms with Crippen LogP contribution in [0, 0.1) is 12.3 Å². The SMILES string of the molecule is C#CCC(C)NC(=O)[C@H]1Cc2ccccc2CN1. The van der Waals surface area contributed by atoms with E-state index in [-0.39, 0.29) is 18.0 Å². The summed E-state index contributed by atoms with van der Waals surface area (Å²) in [6, 6.07) is 8.09. The molecule has 1 aliphatic rings. The highest BCUT2D eigenvalue weighted by molar-refractivity contribution is 5.82. The van der Waals surface area contributed by atoms with Gasteiger partial charge in [0.2, 0.25) is 5.91 Å². The molecule has 0 bridgehead atoms. The Morgan fingerprint density at radius 3 is 3.00 bits per heavy atom. The number of hydrogen-bond donors (Lipinski definition) is 2. The number of fused-ring (bicyclic) bond motifs is 1. The summed E-state index contributed by atoms with van der Waals surface area (Å²) in [5, 5.41) is 6.20. The lowest BCUT2D eigenvalue weighted by molar-refractivity contribution is -0.123. The Morgan fingerprint density at radius 2 is 2.28 bits per heavy atom. The third kappa shape index (κ3) is 2.91. The van der Waals surface area contributed by atoms with Crippen LogP contribution in [0.15, 0.2) is 24.3 Å². The molecule has 0 saturated heterocycles. The number of carbonyl (C=O) groups excluding carboxylic acids is 1. The maximum atomic E-state index is 12.1. The summed E-state index contributed by atoms with van der Waals surface area (Å²) < 4.78 is 0. The summed E-state index contributed by atoms with van der Waals surface area (Å²) in [7, 11) is 0. The van der Waals surface area contributed by atoms with Crippen molar-refractivity contribution in [1.82, 2.24) is 10.6 Å². The van der Waals surface area contributed by atoms with Gasteiger partial charge >= 0.3 is 0 Å². The zero-order valence-corrected chi connectivity index (χ0v) is 10.6. The van der Waals surface area contributed by atoms with Crippen LogP contribution < -0.4 is 10.6 Å². The number of carbonyl (C=O) groups is 1. The van der Waals surface area contributed by atoms with Gasteiger partial charge in [-0.1, -0.05) is 24.3 Å². The van der Waals surface area contributed by atoms with Crippen LogP contribution in [0.25, 0.3) is 0 Å². The molecule has 0 radical (unpaired) electrons. The molecule has 1 amide bonds. The topological polar surface area (TPSA) is 41.1 Å². The van der Waals surface area contributed by atoms with E-state index in [0.717, 1.165) is 13.0 Å². The number of terminal acetylenes is 1. The minimum Gasteiger partial charge on any atom is -0.351 e. The van der Waals surface area contributed by atoms with Crippen molar-refractivity contribution in [1.29, 1.82) is 0 Å². The fraction of sp³-hybridized carbons (Fsp3) is 0.400. The predicted octanol–water partition coefficient (Wildman–Crippen LogP) is 1.23. The molecule has 1 heterocycles. The summed E-state index contributed by atoms with van der Waals surface area (Å²) in [4.78, 5) is 12.1. The molecule has 2 rings (SSSR count). The molecule has 0 fully saturated rings. The van der Waals surface area contributed by atoms with Gasteiger partial charge in [-0.05, 0) is 24.5 Å². The van der Waals surface area contributed by atoms with E-state index >= 15 is 0 Å². The summed E-state index contributed by atoms with van der Waals surface area (Å²) in [5.74, 6) is 2.59. The molecule has 94 valence electrons. The van der Waals surface area contributed by atoms with Gasteiger partial charge in [-0.25, -0.2) is 0 Å². The van der Waals surface area contributed by atoms with Crippen LogP contribution >= 0.6 is 0 Å². The molecule has 18 heavy (non-hydrogen) atoms. The number of nitrogens with one attached hydrogen (secondary N) is 2. The Kier molecular flexibility index (Phi) is 4.01. The van der Waals surface area contributed by atoms with Crippen LogP contribution in [0.4, 0.5) is 0 Å². The zero-order chi connectivity index (χ0) is 13.0. The zero-order valence-electron chi connectivity index (χ0n) is 10.6. The molecule has 2 N–H and O–H groups in total. The number of rotatable bonds is 3. The molecule has 0 aromatic heterocycles. The Morgan fingerprint density at radius 1 is 1.56 bits per heavy atom. The summed E-state index contributed by atoms with van der Waals surface area (Å²) in [6.45, 7) is 2.67. The lowest BCUT2D eigenvalue weighted by Gasteiger charge is -2.26. The van der Waals surface area contributed by atoms with Gasteiger partial charge in [-0.3, -0.25) is 4.79 Å². The third-order valence-electron chi connectivity index (χ3n) is 3.21. The highest BCUT2D eigenvalue weighted by atomic mass is 16.2. The van der Waals surface area contributed by atoms with Crippen molar-refractivity contribution in [3.05, 3.63) is 35.4 Å². The van der Waals surface area contributed by atoms with E-state index < -0.39 is 0 Å². The van der Waals surface area contributed by atoms with Crippen molar-refractivity contribution < 1.29 is 4.79 Å². The molecule has 0 aliphatic carbocycles. The van der Waals surface area contributed by atoms with Gasteiger partial charge in [0.1, 0.15) is 0 Å². The summed E-state index contributed by atoms with van der Waals surface area (Å²) in [5.41, 5.74) is 2.53. The molecule has 1 aromatic rings. The van der Waals surface area contributed by atoms with Crippen molar-refractivity contribution in [3.8, 4) is 12.3 Å². The molecule has 0 saturated carbocycles. The largest absolute Gasteiger partial charge is 0.351 e. The Hall–Kier alpha value is -1.79. The molecule has 1 unspecified atom stereocenters. The first-order valence-corrected chi connectivity index (χ1v) is 6.24. The van der Waals surface area contributed by atoms with Crippen LogP contribution in [0.5, 0.6) is 0 Å². The summed E-state index contributed by atoms with van der Waals surface area (Å²) in [6.07, 6.45) is 6.54. The Labute approximate surface area is 108 Å². The molecule has 3 heteroatoms. The van der Waals surface area contributed by atoms with E-state index in [1.165, 1.54) is 11.1 Å². The first kappa shape index (κ1) is 12.7. The van der Waals surface area contributed by atoms with Gasteiger partial charge in [0.15, 0.2) is 0 Å². The number of amides is 1. The Bertz CT molecular complexity index is 476. The van der Waals surface area contributed by atoms with E-state index in [1.807, 2.05) is 19.1 Å². The highest BCUT2D eigenvalue weighted by Crippen LogP contribution is 2.16. The van der Waals surface area contributed by atoms with Crippen molar-refractivity contribution >= 4 is 5.91 Å². The van der Waals surface area contributed by atoms with E-state index in [9.17, 15) is 4.79 Å². The van der Waals surface area contributed by atoms with Crippen molar-refractivity contribution in [2.75, 3.05) is 0 Å². The fourth-order valence-electron chi connectivity index (χ4n) is 2.21. The van der Waals surface area contributed by atoms with Crippen LogP contribution in [0.2, 0.25) is 0 Å². The molecule has 1 aromatic carbocycles. The quantitative estimate of drug-likeness (QED) is 0.783. The van der Waals surface area contributed by atoms with E-state index in [2.05, 4.69) is 28.7 Å². The molecule has 3 nitrogen and oxygen atoms in total. The van der Waals surface area contributed by atoms with E-state index in [1.54, 1.807) is 0 Å². The third-order valence-corrected chi connectivity index (χ3v) is 3.21.